The van der Waals surface area contributed by atoms with E-state index in [-0.39, 0.29) is 11.4 Å². The fourth-order valence-corrected chi connectivity index (χ4v) is 1.65. The molecular formula is C14H20ClNO2. The standard InChI is InChI=1S/C14H20ClNO2/c1-5-11(13(17)16-14(2,3)4)18-12-9-7-6-8-10(12)15/h6-9,11H,5H2,1-4H3,(H,16,17)/t11-/m0/s1. The Kier molecular flexibility index (Phi) is 5.03. The first-order valence-electron chi connectivity index (χ1n) is 6.06. The van der Waals surface area contributed by atoms with Crippen LogP contribution >= 0.6 is 11.6 Å². The van der Waals surface area contributed by atoms with E-state index in [2.05, 4.69) is 5.32 Å². The highest BCUT2D eigenvalue weighted by atomic mass is 35.5. The van der Waals surface area contributed by atoms with Crippen LogP contribution in [-0.4, -0.2) is 17.6 Å². The van der Waals surface area contributed by atoms with Crippen LogP contribution in [0.15, 0.2) is 24.3 Å². The number of benzene rings is 1. The molecule has 1 aromatic carbocycles. The minimum Gasteiger partial charge on any atom is -0.479 e. The fourth-order valence-electron chi connectivity index (χ4n) is 1.47. The molecule has 18 heavy (non-hydrogen) atoms. The normalized spacial score (nSPS) is 12.9. The van der Waals surface area contributed by atoms with Crippen molar-refractivity contribution < 1.29 is 9.53 Å². The number of nitrogens with one attached hydrogen (secondary N) is 1. The van der Waals surface area contributed by atoms with Crippen LogP contribution in [0.1, 0.15) is 34.1 Å². The fraction of sp³-hybridized carbons (Fsp3) is 0.500. The molecule has 0 radical (unpaired) electrons. The molecule has 4 heteroatoms. The lowest BCUT2D eigenvalue weighted by Gasteiger charge is -2.25. The molecule has 0 heterocycles. The highest BCUT2D eigenvalue weighted by Crippen LogP contribution is 2.24. The van der Waals surface area contributed by atoms with E-state index in [0.29, 0.717) is 17.2 Å². The van der Waals surface area contributed by atoms with E-state index in [1.807, 2.05) is 39.8 Å². The molecular weight excluding hydrogens is 250 g/mol. The van der Waals surface area contributed by atoms with E-state index >= 15 is 0 Å². The van der Waals surface area contributed by atoms with Gasteiger partial charge in [0.05, 0.1) is 5.02 Å². The maximum Gasteiger partial charge on any atom is 0.261 e. The first-order chi connectivity index (χ1) is 8.33. The molecule has 0 fully saturated rings. The predicted octanol–water partition coefficient (Wildman–Crippen LogP) is 3.41. The minimum atomic E-state index is -0.524. The Balaban J connectivity index is 2.74. The Morgan fingerprint density at radius 1 is 1.39 bits per heavy atom. The van der Waals surface area contributed by atoms with Crippen LogP contribution in [-0.2, 0) is 4.79 Å². The second-order valence-electron chi connectivity index (χ2n) is 5.18. The molecule has 1 atom stereocenters. The van der Waals surface area contributed by atoms with Gasteiger partial charge in [-0.2, -0.15) is 0 Å². The summed E-state index contributed by atoms with van der Waals surface area (Å²) >= 11 is 6.01. The number of amides is 1. The quantitative estimate of drug-likeness (QED) is 0.910. The summed E-state index contributed by atoms with van der Waals surface area (Å²) in [4.78, 5) is 12.0. The molecule has 100 valence electrons. The molecule has 0 aromatic heterocycles. The van der Waals surface area contributed by atoms with Gasteiger partial charge in [-0.05, 0) is 39.3 Å². The molecule has 0 saturated heterocycles. The summed E-state index contributed by atoms with van der Waals surface area (Å²) < 4.78 is 5.66. The van der Waals surface area contributed by atoms with Gasteiger partial charge in [-0.25, -0.2) is 0 Å². The molecule has 0 saturated carbocycles. The van der Waals surface area contributed by atoms with E-state index in [4.69, 9.17) is 16.3 Å². The van der Waals surface area contributed by atoms with Crippen molar-refractivity contribution in [3.8, 4) is 5.75 Å². The minimum absolute atomic E-state index is 0.120. The van der Waals surface area contributed by atoms with Crippen LogP contribution in [0.25, 0.3) is 0 Å². The molecule has 0 bridgehead atoms. The molecule has 1 rings (SSSR count). The SMILES string of the molecule is CC[C@H](Oc1ccccc1Cl)C(=O)NC(C)(C)C. The number of halogens is 1. The number of carbonyl (C=O) groups is 1. The second kappa shape index (κ2) is 6.10. The van der Waals surface area contributed by atoms with E-state index in [1.165, 1.54) is 0 Å². The van der Waals surface area contributed by atoms with Gasteiger partial charge in [0.2, 0.25) is 0 Å². The third-order valence-electron chi connectivity index (χ3n) is 2.27. The van der Waals surface area contributed by atoms with E-state index in [1.54, 1.807) is 12.1 Å². The van der Waals surface area contributed by atoms with Gasteiger partial charge in [-0.3, -0.25) is 4.79 Å². The van der Waals surface area contributed by atoms with Crippen molar-refractivity contribution in [2.75, 3.05) is 0 Å². The van der Waals surface area contributed by atoms with Gasteiger partial charge in [0, 0.05) is 5.54 Å². The van der Waals surface area contributed by atoms with E-state index in [0.717, 1.165) is 0 Å². The molecule has 0 unspecified atom stereocenters. The lowest BCUT2D eigenvalue weighted by Crippen LogP contribution is -2.47. The Hall–Kier alpha value is -1.22. The summed E-state index contributed by atoms with van der Waals surface area (Å²) in [7, 11) is 0. The Bertz CT molecular complexity index is 413. The van der Waals surface area contributed by atoms with Crippen molar-refractivity contribution in [1.29, 1.82) is 0 Å². The maximum absolute atomic E-state index is 12.0. The van der Waals surface area contributed by atoms with Gasteiger partial charge in [0.25, 0.3) is 5.91 Å². The molecule has 1 aromatic rings. The van der Waals surface area contributed by atoms with E-state index < -0.39 is 6.10 Å². The topological polar surface area (TPSA) is 38.3 Å². The molecule has 0 spiro atoms. The van der Waals surface area contributed by atoms with Crippen LogP contribution in [0.3, 0.4) is 0 Å². The van der Waals surface area contributed by atoms with E-state index in [9.17, 15) is 4.79 Å². The Morgan fingerprint density at radius 2 is 2.00 bits per heavy atom. The van der Waals surface area contributed by atoms with Crippen LogP contribution in [0.2, 0.25) is 5.02 Å². The van der Waals surface area contributed by atoms with Crippen molar-refractivity contribution in [3.63, 3.8) is 0 Å². The first kappa shape index (κ1) is 14.8. The van der Waals surface area contributed by atoms with Crippen molar-refractivity contribution in [1.82, 2.24) is 5.32 Å². The predicted molar refractivity (Wildman–Crippen MR) is 74.1 cm³/mol. The third-order valence-corrected chi connectivity index (χ3v) is 2.58. The molecule has 1 N–H and O–H groups in total. The number of para-hydroxylation sites is 1. The Morgan fingerprint density at radius 3 is 2.50 bits per heavy atom. The van der Waals surface area contributed by atoms with Crippen molar-refractivity contribution in [2.45, 2.75) is 45.8 Å². The molecule has 1 amide bonds. The average Bonchev–Trinajstić information content (AvgIpc) is 2.25. The largest absolute Gasteiger partial charge is 0.479 e. The van der Waals surface area contributed by atoms with Crippen LogP contribution in [0.4, 0.5) is 0 Å². The number of carbonyl (C=O) groups excluding carboxylic acids is 1. The summed E-state index contributed by atoms with van der Waals surface area (Å²) in [5, 5.41) is 3.42. The van der Waals surface area contributed by atoms with Gasteiger partial charge in [0.15, 0.2) is 6.10 Å². The number of hydrogen-bond acceptors (Lipinski definition) is 2. The zero-order valence-corrected chi connectivity index (χ0v) is 12.0. The molecule has 3 nitrogen and oxygen atoms in total. The smallest absolute Gasteiger partial charge is 0.261 e. The summed E-state index contributed by atoms with van der Waals surface area (Å²) in [5.41, 5.74) is -0.269. The van der Waals surface area contributed by atoms with Crippen LogP contribution in [0.5, 0.6) is 5.75 Å². The lowest BCUT2D eigenvalue weighted by molar-refractivity contribution is -0.129. The third kappa shape index (κ3) is 4.57. The average molecular weight is 270 g/mol. The van der Waals surface area contributed by atoms with Crippen molar-refractivity contribution in [2.24, 2.45) is 0 Å². The highest BCUT2D eigenvalue weighted by molar-refractivity contribution is 6.32. The monoisotopic (exact) mass is 269 g/mol. The summed E-state index contributed by atoms with van der Waals surface area (Å²) in [5.74, 6) is 0.417. The molecule has 0 aliphatic rings. The number of ether oxygens (including phenoxy) is 1. The molecule has 0 aliphatic carbocycles. The van der Waals surface area contributed by atoms with Crippen molar-refractivity contribution >= 4 is 17.5 Å². The lowest BCUT2D eigenvalue weighted by atomic mass is 10.1. The summed E-state index contributed by atoms with van der Waals surface area (Å²) in [6.45, 7) is 7.72. The maximum atomic E-state index is 12.0. The van der Waals surface area contributed by atoms with Gasteiger partial charge in [-0.15, -0.1) is 0 Å². The summed E-state index contributed by atoms with van der Waals surface area (Å²) in [6.07, 6.45) is 0.0665. The van der Waals surface area contributed by atoms with Gasteiger partial charge in [0.1, 0.15) is 5.75 Å². The highest BCUT2D eigenvalue weighted by Gasteiger charge is 2.23. The van der Waals surface area contributed by atoms with Crippen LogP contribution < -0.4 is 10.1 Å². The van der Waals surface area contributed by atoms with Crippen molar-refractivity contribution in [3.05, 3.63) is 29.3 Å². The first-order valence-corrected chi connectivity index (χ1v) is 6.44. The van der Waals surface area contributed by atoms with Gasteiger partial charge < -0.3 is 10.1 Å². The number of hydrogen-bond donors (Lipinski definition) is 1. The van der Waals surface area contributed by atoms with Crippen LogP contribution in [0, 0.1) is 0 Å². The Labute approximate surface area is 113 Å². The molecule has 0 aliphatic heterocycles. The van der Waals surface area contributed by atoms with Gasteiger partial charge in [-0.1, -0.05) is 30.7 Å². The second-order valence-corrected chi connectivity index (χ2v) is 5.59. The number of rotatable bonds is 4. The van der Waals surface area contributed by atoms with Gasteiger partial charge >= 0.3 is 0 Å². The zero-order chi connectivity index (χ0) is 13.8. The summed E-state index contributed by atoms with van der Waals surface area (Å²) in [6, 6.07) is 7.15. The zero-order valence-electron chi connectivity index (χ0n) is 11.3.